The molecule has 1 saturated carbocycles. The first-order chi connectivity index (χ1) is 10.4. The fraction of sp³-hybridized carbons (Fsp3) is 0.533. The molecule has 112 valence electrons. The van der Waals surface area contributed by atoms with Gasteiger partial charge in [0.2, 0.25) is 0 Å². The second kappa shape index (κ2) is 6.78. The Balaban J connectivity index is 1.69. The molecule has 1 aromatic heterocycles. The van der Waals surface area contributed by atoms with E-state index in [2.05, 4.69) is 32.6 Å². The standard InChI is InChI=1S/C15H21N5O/c21-10-9-19(14-7-4-8-14)12-15-16-17-18-20(15)11-13-5-2-1-3-6-13/h1-3,5-6,14,21H,4,7-12H2. The predicted octanol–water partition coefficient (Wildman–Crippen LogP) is 1.07. The fourth-order valence-corrected chi connectivity index (χ4v) is 2.67. The number of rotatable bonds is 7. The van der Waals surface area contributed by atoms with E-state index in [1.165, 1.54) is 24.8 Å². The molecule has 1 aliphatic rings. The quantitative estimate of drug-likeness (QED) is 0.825. The molecule has 0 spiro atoms. The van der Waals surface area contributed by atoms with Gasteiger partial charge in [-0.2, -0.15) is 0 Å². The van der Waals surface area contributed by atoms with Crippen LogP contribution in [0.25, 0.3) is 0 Å². The van der Waals surface area contributed by atoms with Crippen molar-refractivity contribution < 1.29 is 5.11 Å². The number of nitrogens with zero attached hydrogens (tertiary/aromatic N) is 5. The Hall–Kier alpha value is -1.79. The minimum absolute atomic E-state index is 0.177. The zero-order valence-electron chi connectivity index (χ0n) is 12.1. The lowest BCUT2D eigenvalue weighted by atomic mass is 9.91. The lowest BCUT2D eigenvalue weighted by Crippen LogP contribution is -2.41. The summed E-state index contributed by atoms with van der Waals surface area (Å²) in [4.78, 5) is 2.29. The van der Waals surface area contributed by atoms with Crippen LogP contribution in [0.4, 0.5) is 0 Å². The van der Waals surface area contributed by atoms with E-state index in [1.54, 1.807) is 0 Å². The van der Waals surface area contributed by atoms with Gasteiger partial charge in [-0.3, -0.25) is 4.90 Å². The highest BCUT2D eigenvalue weighted by atomic mass is 16.3. The summed E-state index contributed by atoms with van der Waals surface area (Å²) in [6.45, 7) is 2.24. The van der Waals surface area contributed by atoms with Crippen LogP contribution in [0.5, 0.6) is 0 Å². The number of aliphatic hydroxyl groups excluding tert-OH is 1. The maximum Gasteiger partial charge on any atom is 0.165 e. The Morgan fingerprint density at radius 1 is 1.24 bits per heavy atom. The van der Waals surface area contributed by atoms with E-state index in [-0.39, 0.29) is 6.61 Å². The first-order valence-electron chi connectivity index (χ1n) is 7.50. The lowest BCUT2D eigenvalue weighted by Gasteiger charge is -2.36. The van der Waals surface area contributed by atoms with E-state index in [0.717, 1.165) is 5.82 Å². The number of hydrogen-bond donors (Lipinski definition) is 1. The summed E-state index contributed by atoms with van der Waals surface area (Å²) >= 11 is 0. The van der Waals surface area contributed by atoms with Crippen molar-refractivity contribution in [3.63, 3.8) is 0 Å². The van der Waals surface area contributed by atoms with Crippen LogP contribution in [0.15, 0.2) is 30.3 Å². The third-order valence-electron chi connectivity index (χ3n) is 4.10. The van der Waals surface area contributed by atoms with Gasteiger partial charge in [0.05, 0.1) is 19.7 Å². The first kappa shape index (κ1) is 14.2. The summed E-state index contributed by atoms with van der Waals surface area (Å²) in [5.74, 6) is 0.860. The average Bonchev–Trinajstić information content (AvgIpc) is 2.85. The largest absolute Gasteiger partial charge is 0.395 e. The van der Waals surface area contributed by atoms with Crippen molar-refractivity contribution in [1.29, 1.82) is 0 Å². The molecule has 0 bridgehead atoms. The Morgan fingerprint density at radius 3 is 2.71 bits per heavy atom. The highest BCUT2D eigenvalue weighted by Gasteiger charge is 2.26. The summed E-state index contributed by atoms with van der Waals surface area (Å²) in [5.41, 5.74) is 1.18. The predicted molar refractivity (Wildman–Crippen MR) is 78.5 cm³/mol. The molecule has 2 aromatic rings. The topological polar surface area (TPSA) is 67.1 Å². The molecule has 0 atom stereocenters. The molecule has 3 rings (SSSR count). The van der Waals surface area contributed by atoms with E-state index in [9.17, 15) is 5.11 Å². The molecule has 0 unspecified atom stereocenters. The molecule has 21 heavy (non-hydrogen) atoms. The molecule has 6 nitrogen and oxygen atoms in total. The highest BCUT2D eigenvalue weighted by molar-refractivity contribution is 5.14. The Labute approximate surface area is 124 Å². The number of aliphatic hydroxyl groups is 1. The second-order valence-electron chi connectivity index (χ2n) is 5.52. The molecule has 6 heteroatoms. The van der Waals surface area contributed by atoms with Crippen molar-refractivity contribution in [2.45, 2.75) is 38.4 Å². The number of hydrogen-bond acceptors (Lipinski definition) is 5. The normalized spacial score (nSPS) is 15.3. The van der Waals surface area contributed by atoms with E-state index in [1.807, 2.05) is 22.9 Å². The third-order valence-corrected chi connectivity index (χ3v) is 4.10. The van der Waals surface area contributed by atoms with Crippen LogP contribution in [0, 0.1) is 0 Å². The van der Waals surface area contributed by atoms with E-state index < -0.39 is 0 Å². The van der Waals surface area contributed by atoms with Gasteiger partial charge in [-0.25, -0.2) is 4.68 Å². The number of tetrazole rings is 1. The van der Waals surface area contributed by atoms with E-state index in [0.29, 0.717) is 25.7 Å². The second-order valence-corrected chi connectivity index (χ2v) is 5.52. The molecule has 1 aliphatic carbocycles. The molecular weight excluding hydrogens is 266 g/mol. The van der Waals surface area contributed by atoms with Crippen LogP contribution in [0.1, 0.15) is 30.7 Å². The van der Waals surface area contributed by atoms with Crippen LogP contribution in [0.2, 0.25) is 0 Å². The molecule has 0 amide bonds. The van der Waals surface area contributed by atoms with Gasteiger partial charge in [0, 0.05) is 12.6 Å². The molecule has 0 saturated heterocycles. The van der Waals surface area contributed by atoms with Gasteiger partial charge in [-0.05, 0) is 28.8 Å². The molecular formula is C15H21N5O. The van der Waals surface area contributed by atoms with Gasteiger partial charge < -0.3 is 5.11 Å². The average molecular weight is 287 g/mol. The monoisotopic (exact) mass is 287 g/mol. The van der Waals surface area contributed by atoms with Crippen molar-refractivity contribution in [2.24, 2.45) is 0 Å². The van der Waals surface area contributed by atoms with Crippen LogP contribution in [-0.4, -0.2) is 49.4 Å². The highest BCUT2D eigenvalue weighted by Crippen LogP contribution is 2.25. The van der Waals surface area contributed by atoms with Gasteiger partial charge in [-0.15, -0.1) is 5.10 Å². The zero-order valence-corrected chi connectivity index (χ0v) is 12.1. The first-order valence-corrected chi connectivity index (χ1v) is 7.50. The Morgan fingerprint density at radius 2 is 2.05 bits per heavy atom. The van der Waals surface area contributed by atoms with Crippen molar-refractivity contribution >= 4 is 0 Å². The SMILES string of the molecule is OCCN(Cc1nnnn1Cc1ccccc1)C1CCC1. The van der Waals surface area contributed by atoms with Gasteiger partial charge in [-0.1, -0.05) is 36.8 Å². The maximum absolute atomic E-state index is 9.24. The Bertz CT molecular complexity index is 552. The molecule has 1 aromatic carbocycles. The summed E-state index contributed by atoms with van der Waals surface area (Å²) < 4.78 is 1.85. The molecule has 1 fully saturated rings. The summed E-state index contributed by atoms with van der Waals surface area (Å²) in [7, 11) is 0. The summed E-state index contributed by atoms with van der Waals surface area (Å²) in [6.07, 6.45) is 3.70. The molecule has 1 N–H and O–H groups in total. The minimum Gasteiger partial charge on any atom is -0.395 e. The van der Waals surface area contributed by atoms with Crippen molar-refractivity contribution in [3.05, 3.63) is 41.7 Å². The van der Waals surface area contributed by atoms with Gasteiger partial charge in [0.15, 0.2) is 5.82 Å². The van der Waals surface area contributed by atoms with Crippen LogP contribution >= 0.6 is 0 Å². The van der Waals surface area contributed by atoms with E-state index in [4.69, 9.17) is 0 Å². The summed E-state index contributed by atoms with van der Waals surface area (Å²) in [6, 6.07) is 10.8. The van der Waals surface area contributed by atoms with Crippen LogP contribution < -0.4 is 0 Å². The molecule has 1 heterocycles. The van der Waals surface area contributed by atoms with E-state index >= 15 is 0 Å². The fourth-order valence-electron chi connectivity index (χ4n) is 2.67. The van der Waals surface area contributed by atoms with Gasteiger partial charge in [0.25, 0.3) is 0 Å². The smallest absolute Gasteiger partial charge is 0.165 e. The molecule has 0 radical (unpaired) electrons. The van der Waals surface area contributed by atoms with Crippen molar-refractivity contribution in [3.8, 4) is 0 Å². The number of aromatic nitrogens is 4. The van der Waals surface area contributed by atoms with Gasteiger partial charge in [0.1, 0.15) is 0 Å². The Kier molecular flexibility index (Phi) is 4.57. The zero-order chi connectivity index (χ0) is 14.5. The van der Waals surface area contributed by atoms with Crippen molar-refractivity contribution in [1.82, 2.24) is 25.1 Å². The molecule has 0 aliphatic heterocycles. The summed E-state index contributed by atoms with van der Waals surface area (Å²) in [5, 5.41) is 21.3. The maximum atomic E-state index is 9.24. The van der Waals surface area contributed by atoms with Gasteiger partial charge >= 0.3 is 0 Å². The van der Waals surface area contributed by atoms with Crippen LogP contribution in [0.3, 0.4) is 0 Å². The number of benzene rings is 1. The minimum atomic E-state index is 0.177. The lowest BCUT2D eigenvalue weighted by molar-refractivity contribution is 0.0906. The van der Waals surface area contributed by atoms with Crippen molar-refractivity contribution in [2.75, 3.05) is 13.2 Å². The third kappa shape index (κ3) is 3.46. The van der Waals surface area contributed by atoms with Crippen LogP contribution in [-0.2, 0) is 13.1 Å².